The van der Waals surface area contributed by atoms with Gasteiger partial charge in [-0.3, -0.25) is 14.6 Å². The van der Waals surface area contributed by atoms with E-state index in [4.69, 9.17) is 4.74 Å². The molecule has 2 unspecified atom stereocenters. The highest BCUT2D eigenvalue weighted by Crippen LogP contribution is 2.38. The summed E-state index contributed by atoms with van der Waals surface area (Å²) in [7, 11) is 0. The van der Waals surface area contributed by atoms with Gasteiger partial charge in [0, 0.05) is 37.4 Å². The van der Waals surface area contributed by atoms with Crippen molar-refractivity contribution >= 4 is 11.8 Å². The molecule has 2 saturated heterocycles. The van der Waals surface area contributed by atoms with Crippen LogP contribution >= 0.6 is 0 Å². The summed E-state index contributed by atoms with van der Waals surface area (Å²) in [5, 5.41) is 0. The molecule has 1 aromatic heterocycles. The Morgan fingerprint density at radius 2 is 1.82 bits per heavy atom. The second kappa shape index (κ2) is 8.31. The lowest BCUT2D eigenvalue weighted by molar-refractivity contribution is -0.137. The third kappa shape index (κ3) is 4.65. The van der Waals surface area contributed by atoms with E-state index in [1.807, 2.05) is 0 Å². The second-order valence-electron chi connectivity index (χ2n) is 8.81. The summed E-state index contributed by atoms with van der Waals surface area (Å²) in [5.74, 6) is 0.460. The van der Waals surface area contributed by atoms with Crippen molar-refractivity contribution in [1.29, 1.82) is 0 Å². The van der Waals surface area contributed by atoms with Crippen molar-refractivity contribution in [3.05, 3.63) is 53.5 Å². The molecule has 33 heavy (non-hydrogen) atoms. The number of benzene rings is 1. The Hall–Kier alpha value is -3.17. The van der Waals surface area contributed by atoms with Crippen molar-refractivity contribution in [1.82, 2.24) is 19.8 Å². The van der Waals surface area contributed by atoms with Crippen molar-refractivity contribution in [2.45, 2.75) is 49.9 Å². The molecular formula is C23H23F3N4O3. The summed E-state index contributed by atoms with van der Waals surface area (Å²) in [5.41, 5.74) is 0.330. The number of rotatable bonds is 4. The van der Waals surface area contributed by atoms with Gasteiger partial charge in [0.1, 0.15) is 6.10 Å². The monoisotopic (exact) mass is 460 g/mol. The molecule has 1 aromatic carbocycles. The van der Waals surface area contributed by atoms with Crippen molar-refractivity contribution < 1.29 is 27.5 Å². The number of aromatic nitrogens is 2. The summed E-state index contributed by atoms with van der Waals surface area (Å²) in [6, 6.07) is 3.94. The number of carbonyl (C=O) groups excluding carboxylic acids is 2. The lowest BCUT2D eigenvalue weighted by Gasteiger charge is -2.25. The van der Waals surface area contributed by atoms with Crippen molar-refractivity contribution in [2.24, 2.45) is 0 Å². The molecule has 1 aliphatic carbocycles. The number of nitrogens with zero attached hydrogens (tertiary/aromatic N) is 4. The predicted molar refractivity (Wildman–Crippen MR) is 111 cm³/mol. The van der Waals surface area contributed by atoms with Crippen LogP contribution in [-0.4, -0.2) is 63.4 Å². The van der Waals surface area contributed by atoms with Gasteiger partial charge in [0.25, 0.3) is 5.91 Å². The lowest BCUT2D eigenvalue weighted by Crippen LogP contribution is -2.40. The summed E-state index contributed by atoms with van der Waals surface area (Å²) in [6.45, 7) is 0.931. The van der Waals surface area contributed by atoms with E-state index < -0.39 is 11.7 Å². The van der Waals surface area contributed by atoms with Crippen LogP contribution in [0.2, 0.25) is 0 Å². The maximum atomic E-state index is 12.9. The SMILES string of the molecule is O=C(c1ccc(C(F)(F)F)cc1)N1CCC(=O)N2CC(Oc3cnc(C4CC4)cn3)CC2C1. The number of halogens is 3. The summed E-state index contributed by atoms with van der Waals surface area (Å²) < 4.78 is 44.4. The molecule has 0 spiro atoms. The summed E-state index contributed by atoms with van der Waals surface area (Å²) in [6.07, 6.45) is 1.59. The van der Waals surface area contributed by atoms with Crippen LogP contribution in [0, 0.1) is 0 Å². The molecule has 1 saturated carbocycles. The quantitative estimate of drug-likeness (QED) is 0.700. The summed E-state index contributed by atoms with van der Waals surface area (Å²) in [4.78, 5) is 37.6. The fourth-order valence-corrected chi connectivity index (χ4v) is 4.47. The van der Waals surface area contributed by atoms with Gasteiger partial charge in [-0.15, -0.1) is 0 Å². The molecule has 0 bridgehead atoms. The van der Waals surface area contributed by atoms with Crippen LogP contribution < -0.4 is 4.74 Å². The molecule has 2 aromatic rings. The highest BCUT2D eigenvalue weighted by atomic mass is 19.4. The van der Waals surface area contributed by atoms with E-state index in [0.29, 0.717) is 31.3 Å². The maximum absolute atomic E-state index is 12.9. The van der Waals surface area contributed by atoms with Gasteiger partial charge < -0.3 is 14.5 Å². The molecule has 3 heterocycles. The fourth-order valence-electron chi connectivity index (χ4n) is 4.47. The molecule has 3 fully saturated rings. The number of carbonyl (C=O) groups is 2. The molecule has 5 rings (SSSR count). The molecule has 174 valence electrons. The second-order valence-corrected chi connectivity index (χ2v) is 8.81. The maximum Gasteiger partial charge on any atom is 0.416 e. The van der Waals surface area contributed by atoms with E-state index in [1.165, 1.54) is 17.0 Å². The first-order valence-electron chi connectivity index (χ1n) is 11.0. The van der Waals surface area contributed by atoms with Gasteiger partial charge in [0.15, 0.2) is 0 Å². The van der Waals surface area contributed by atoms with Crippen LogP contribution in [0.4, 0.5) is 13.2 Å². The first-order valence-corrected chi connectivity index (χ1v) is 11.0. The third-order valence-corrected chi connectivity index (χ3v) is 6.40. The standard InChI is InChI=1S/C23H23F3N4O3/c24-23(25,26)16-5-3-15(4-6-16)22(32)29-8-7-21(31)30-13-18(9-17(30)12-29)33-20-11-27-19(10-28-20)14-1-2-14/h3-6,10-11,14,17-18H,1-2,7-9,12-13H2. The van der Waals surface area contributed by atoms with Crippen LogP contribution in [-0.2, 0) is 11.0 Å². The van der Waals surface area contributed by atoms with E-state index >= 15 is 0 Å². The summed E-state index contributed by atoms with van der Waals surface area (Å²) >= 11 is 0. The Morgan fingerprint density at radius 3 is 2.45 bits per heavy atom. The highest BCUT2D eigenvalue weighted by Gasteiger charge is 2.40. The highest BCUT2D eigenvalue weighted by molar-refractivity contribution is 5.94. The Bertz CT molecular complexity index is 1040. The molecule has 10 heteroatoms. The normalized spacial score (nSPS) is 23.3. The van der Waals surface area contributed by atoms with Crippen LogP contribution in [0.5, 0.6) is 5.88 Å². The first kappa shape index (κ1) is 21.7. The van der Waals surface area contributed by atoms with E-state index in [-0.39, 0.29) is 42.5 Å². The number of fused-ring (bicyclic) bond motifs is 1. The van der Waals surface area contributed by atoms with Crippen molar-refractivity contribution in [3.63, 3.8) is 0 Å². The zero-order valence-corrected chi connectivity index (χ0v) is 17.8. The van der Waals surface area contributed by atoms with Crippen LogP contribution in [0.1, 0.15) is 53.2 Å². The van der Waals surface area contributed by atoms with Crippen LogP contribution in [0.25, 0.3) is 0 Å². The average Bonchev–Trinajstić information content (AvgIpc) is 3.59. The molecule has 2 aliphatic heterocycles. The van der Waals surface area contributed by atoms with E-state index in [1.54, 1.807) is 17.3 Å². The first-order chi connectivity index (χ1) is 15.8. The van der Waals surface area contributed by atoms with Crippen LogP contribution in [0.3, 0.4) is 0 Å². The van der Waals surface area contributed by atoms with E-state index in [2.05, 4.69) is 9.97 Å². The third-order valence-electron chi connectivity index (χ3n) is 6.40. The van der Waals surface area contributed by atoms with Crippen molar-refractivity contribution in [3.8, 4) is 5.88 Å². The van der Waals surface area contributed by atoms with Crippen LogP contribution in [0.15, 0.2) is 36.7 Å². The minimum Gasteiger partial charge on any atom is -0.471 e. The predicted octanol–water partition coefficient (Wildman–Crippen LogP) is 3.27. The van der Waals surface area contributed by atoms with Gasteiger partial charge in [0.05, 0.1) is 36.2 Å². The molecular weight excluding hydrogens is 437 g/mol. The number of hydrogen-bond acceptors (Lipinski definition) is 5. The molecule has 7 nitrogen and oxygen atoms in total. The topological polar surface area (TPSA) is 75.6 Å². The molecule has 0 radical (unpaired) electrons. The van der Waals surface area contributed by atoms with E-state index in [0.717, 1.165) is 30.7 Å². The number of ether oxygens (including phenoxy) is 1. The smallest absolute Gasteiger partial charge is 0.416 e. The number of alkyl halides is 3. The average molecular weight is 460 g/mol. The molecule has 3 aliphatic rings. The zero-order chi connectivity index (χ0) is 23.2. The number of hydrogen-bond donors (Lipinski definition) is 0. The Balaban J connectivity index is 1.24. The van der Waals surface area contributed by atoms with Gasteiger partial charge in [-0.25, -0.2) is 4.98 Å². The minimum absolute atomic E-state index is 0.0658. The Morgan fingerprint density at radius 1 is 1.06 bits per heavy atom. The van der Waals surface area contributed by atoms with Crippen molar-refractivity contribution in [2.75, 3.05) is 19.6 Å². The van der Waals surface area contributed by atoms with Gasteiger partial charge >= 0.3 is 6.18 Å². The molecule has 2 amide bonds. The zero-order valence-electron chi connectivity index (χ0n) is 17.8. The van der Waals surface area contributed by atoms with Gasteiger partial charge in [-0.1, -0.05) is 0 Å². The Labute approximate surface area is 188 Å². The number of amides is 2. The fraction of sp³-hybridized carbons (Fsp3) is 0.478. The van der Waals surface area contributed by atoms with Gasteiger partial charge in [-0.05, 0) is 37.1 Å². The molecule has 2 atom stereocenters. The minimum atomic E-state index is -4.46. The lowest BCUT2D eigenvalue weighted by atomic mass is 10.1. The van der Waals surface area contributed by atoms with E-state index in [9.17, 15) is 22.8 Å². The van der Waals surface area contributed by atoms with Gasteiger partial charge in [-0.2, -0.15) is 13.2 Å². The molecule has 0 N–H and O–H groups in total. The Kier molecular flexibility index (Phi) is 5.46. The van der Waals surface area contributed by atoms with Gasteiger partial charge in [0.2, 0.25) is 11.8 Å². The largest absolute Gasteiger partial charge is 0.471 e.